The van der Waals surface area contributed by atoms with E-state index in [-0.39, 0.29) is 23.0 Å². The van der Waals surface area contributed by atoms with E-state index in [1.807, 2.05) is 18.2 Å². The summed E-state index contributed by atoms with van der Waals surface area (Å²) in [5.74, 6) is 1.23. The fourth-order valence-electron chi connectivity index (χ4n) is 3.92. The second-order valence-corrected chi connectivity index (χ2v) is 9.02. The zero-order chi connectivity index (χ0) is 16.1. The SMILES string of the molecule is O=C(Nc1cccc2c1OCC2)N1CCC2(CCS(=O)(=O)C2)C1. The zero-order valence-corrected chi connectivity index (χ0v) is 13.7. The van der Waals surface area contributed by atoms with Crippen LogP contribution in [0.2, 0.25) is 0 Å². The molecule has 1 atom stereocenters. The predicted molar refractivity (Wildman–Crippen MR) is 86.6 cm³/mol. The van der Waals surface area contributed by atoms with Gasteiger partial charge in [-0.15, -0.1) is 0 Å². The number of urea groups is 1. The Labute approximate surface area is 135 Å². The molecule has 0 saturated carbocycles. The van der Waals surface area contributed by atoms with Crippen LogP contribution in [0.4, 0.5) is 10.5 Å². The van der Waals surface area contributed by atoms with Crippen molar-refractivity contribution in [1.29, 1.82) is 0 Å². The topological polar surface area (TPSA) is 75.7 Å². The van der Waals surface area contributed by atoms with Crippen LogP contribution in [0.3, 0.4) is 0 Å². The van der Waals surface area contributed by atoms with Crippen LogP contribution in [0.25, 0.3) is 0 Å². The highest BCUT2D eigenvalue weighted by Gasteiger charge is 2.47. The molecule has 4 rings (SSSR count). The van der Waals surface area contributed by atoms with Crippen molar-refractivity contribution in [2.24, 2.45) is 5.41 Å². The van der Waals surface area contributed by atoms with Crippen molar-refractivity contribution in [1.82, 2.24) is 4.90 Å². The summed E-state index contributed by atoms with van der Waals surface area (Å²) in [4.78, 5) is 14.3. The van der Waals surface area contributed by atoms with Crippen LogP contribution in [0.5, 0.6) is 5.75 Å². The van der Waals surface area contributed by atoms with Gasteiger partial charge in [0.1, 0.15) is 5.75 Å². The van der Waals surface area contributed by atoms with Gasteiger partial charge in [-0.1, -0.05) is 12.1 Å². The number of sulfone groups is 1. The fourth-order valence-corrected chi connectivity index (χ4v) is 6.12. The van der Waals surface area contributed by atoms with Gasteiger partial charge in [-0.05, 0) is 24.5 Å². The second-order valence-electron chi connectivity index (χ2n) is 6.84. The number of hydrogen-bond donors (Lipinski definition) is 1. The number of nitrogens with zero attached hydrogens (tertiary/aromatic N) is 1. The summed E-state index contributed by atoms with van der Waals surface area (Å²) in [6.45, 7) is 1.78. The van der Waals surface area contributed by atoms with Crippen LogP contribution in [0.15, 0.2) is 18.2 Å². The lowest BCUT2D eigenvalue weighted by Crippen LogP contribution is -2.35. The molecule has 2 amide bonds. The number of rotatable bonds is 1. The number of carbonyl (C=O) groups excluding carboxylic acids is 1. The van der Waals surface area contributed by atoms with Crippen molar-refractivity contribution in [3.05, 3.63) is 23.8 Å². The van der Waals surface area contributed by atoms with E-state index in [1.54, 1.807) is 4.90 Å². The highest BCUT2D eigenvalue weighted by atomic mass is 32.2. The average Bonchev–Trinajstić information content (AvgIpc) is 3.19. The predicted octanol–water partition coefficient (Wildman–Crippen LogP) is 1.66. The van der Waals surface area contributed by atoms with E-state index in [0.29, 0.717) is 31.8 Å². The first-order valence-corrected chi connectivity index (χ1v) is 9.80. The Balaban J connectivity index is 1.46. The Morgan fingerprint density at radius 1 is 1.30 bits per heavy atom. The maximum absolute atomic E-state index is 12.5. The first-order chi connectivity index (χ1) is 11.0. The number of amides is 2. The molecule has 2 fully saturated rings. The van der Waals surface area contributed by atoms with Crippen molar-refractivity contribution in [2.75, 3.05) is 36.5 Å². The Bertz CT molecular complexity index is 761. The van der Waals surface area contributed by atoms with Crippen molar-refractivity contribution < 1.29 is 17.9 Å². The molecular formula is C16H20N2O4S. The molecule has 3 aliphatic rings. The maximum Gasteiger partial charge on any atom is 0.321 e. The molecule has 0 radical (unpaired) electrons. The standard InChI is InChI=1S/C16H20N2O4S/c19-15(17-13-3-1-2-12-4-8-22-14(12)13)18-7-5-16(10-18)6-9-23(20,21)11-16/h1-3H,4-11H2,(H,17,19). The average molecular weight is 336 g/mol. The van der Waals surface area contributed by atoms with Gasteiger partial charge < -0.3 is 15.0 Å². The molecule has 0 aromatic heterocycles. The molecular weight excluding hydrogens is 316 g/mol. The summed E-state index contributed by atoms with van der Waals surface area (Å²) in [6.07, 6.45) is 2.30. The van der Waals surface area contributed by atoms with Gasteiger partial charge in [-0.2, -0.15) is 0 Å². The van der Waals surface area contributed by atoms with Crippen LogP contribution < -0.4 is 10.1 Å². The van der Waals surface area contributed by atoms with Crippen molar-refractivity contribution in [2.45, 2.75) is 19.3 Å². The number of nitrogens with one attached hydrogen (secondary N) is 1. The summed E-state index contributed by atoms with van der Waals surface area (Å²) >= 11 is 0. The van der Waals surface area contributed by atoms with E-state index < -0.39 is 9.84 Å². The molecule has 0 aliphatic carbocycles. The summed E-state index contributed by atoms with van der Waals surface area (Å²) < 4.78 is 29.1. The molecule has 23 heavy (non-hydrogen) atoms. The molecule has 7 heteroatoms. The normalized spacial score (nSPS) is 27.9. The van der Waals surface area contributed by atoms with Gasteiger partial charge in [0.25, 0.3) is 0 Å². The zero-order valence-electron chi connectivity index (χ0n) is 12.9. The molecule has 3 aliphatic heterocycles. The lowest BCUT2D eigenvalue weighted by atomic mass is 9.87. The summed E-state index contributed by atoms with van der Waals surface area (Å²) in [5, 5.41) is 2.92. The summed E-state index contributed by atoms with van der Waals surface area (Å²) in [7, 11) is -2.93. The minimum Gasteiger partial charge on any atom is -0.491 e. The van der Waals surface area contributed by atoms with E-state index >= 15 is 0 Å². The molecule has 1 aromatic rings. The Morgan fingerprint density at radius 2 is 2.17 bits per heavy atom. The number of fused-ring (bicyclic) bond motifs is 1. The Morgan fingerprint density at radius 3 is 2.96 bits per heavy atom. The van der Waals surface area contributed by atoms with Crippen molar-refractivity contribution >= 4 is 21.6 Å². The highest BCUT2D eigenvalue weighted by molar-refractivity contribution is 7.91. The molecule has 6 nitrogen and oxygen atoms in total. The van der Waals surface area contributed by atoms with E-state index in [1.165, 1.54) is 0 Å². The lowest BCUT2D eigenvalue weighted by molar-refractivity contribution is 0.215. The monoisotopic (exact) mass is 336 g/mol. The largest absolute Gasteiger partial charge is 0.491 e. The second kappa shape index (κ2) is 5.12. The molecule has 1 N–H and O–H groups in total. The summed E-state index contributed by atoms with van der Waals surface area (Å²) in [5.41, 5.74) is 1.58. The van der Waals surface area contributed by atoms with Gasteiger partial charge in [0.2, 0.25) is 0 Å². The quantitative estimate of drug-likeness (QED) is 0.846. The van der Waals surface area contributed by atoms with Gasteiger partial charge in [-0.25, -0.2) is 13.2 Å². The first-order valence-electron chi connectivity index (χ1n) is 7.98. The number of benzene rings is 1. The summed E-state index contributed by atoms with van der Waals surface area (Å²) in [6, 6.07) is 5.59. The van der Waals surface area contributed by atoms with Gasteiger partial charge in [-0.3, -0.25) is 0 Å². The Hall–Kier alpha value is -1.76. The van der Waals surface area contributed by atoms with Gasteiger partial charge >= 0.3 is 6.03 Å². The van der Waals surface area contributed by atoms with E-state index in [0.717, 1.165) is 24.2 Å². The van der Waals surface area contributed by atoms with Crippen LogP contribution in [0, 0.1) is 5.41 Å². The van der Waals surface area contributed by atoms with E-state index in [4.69, 9.17) is 4.74 Å². The molecule has 1 unspecified atom stereocenters. The minimum atomic E-state index is -2.93. The van der Waals surface area contributed by atoms with Gasteiger partial charge in [0.15, 0.2) is 9.84 Å². The van der Waals surface area contributed by atoms with Crippen LogP contribution in [-0.4, -0.2) is 50.6 Å². The first kappa shape index (κ1) is 14.8. The molecule has 2 saturated heterocycles. The number of para-hydroxylation sites is 1. The molecule has 3 heterocycles. The maximum atomic E-state index is 12.5. The third-order valence-electron chi connectivity index (χ3n) is 5.15. The van der Waals surface area contributed by atoms with Gasteiger partial charge in [0, 0.05) is 24.9 Å². The smallest absolute Gasteiger partial charge is 0.321 e. The molecule has 124 valence electrons. The van der Waals surface area contributed by atoms with E-state index in [9.17, 15) is 13.2 Å². The number of carbonyl (C=O) groups is 1. The Kier molecular flexibility index (Phi) is 3.30. The van der Waals surface area contributed by atoms with Crippen LogP contribution >= 0.6 is 0 Å². The number of anilines is 1. The van der Waals surface area contributed by atoms with Crippen LogP contribution in [0.1, 0.15) is 18.4 Å². The number of ether oxygens (including phenoxy) is 1. The molecule has 1 aromatic carbocycles. The number of likely N-dealkylation sites (tertiary alicyclic amines) is 1. The lowest BCUT2D eigenvalue weighted by Gasteiger charge is -2.22. The van der Waals surface area contributed by atoms with Crippen LogP contribution in [-0.2, 0) is 16.3 Å². The number of hydrogen-bond acceptors (Lipinski definition) is 4. The third-order valence-corrected chi connectivity index (χ3v) is 7.03. The van der Waals surface area contributed by atoms with Gasteiger partial charge in [0.05, 0.1) is 23.8 Å². The third kappa shape index (κ3) is 2.67. The molecule has 0 bridgehead atoms. The van der Waals surface area contributed by atoms with E-state index in [2.05, 4.69) is 5.32 Å². The van der Waals surface area contributed by atoms with Crippen molar-refractivity contribution in [3.63, 3.8) is 0 Å². The highest BCUT2D eigenvalue weighted by Crippen LogP contribution is 2.41. The molecule has 1 spiro atoms. The van der Waals surface area contributed by atoms with Crippen molar-refractivity contribution in [3.8, 4) is 5.75 Å². The minimum absolute atomic E-state index is 0.171. The fraction of sp³-hybridized carbons (Fsp3) is 0.562.